The molecular weight excluding hydrogens is 306 g/mol. The number of nitrogens with two attached hydrogens (primary N) is 1. The molecule has 1 heterocycles. The molecule has 0 fully saturated rings. The Balaban J connectivity index is 2.14. The van der Waals surface area contributed by atoms with Gasteiger partial charge in [-0.2, -0.15) is 0 Å². The van der Waals surface area contributed by atoms with Gasteiger partial charge in [0.05, 0.1) is 25.6 Å². The van der Waals surface area contributed by atoms with E-state index >= 15 is 0 Å². The van der Waals surface area contributed by atoms with Gasteiger partial charge in [-0.15, -0.1) is 0 Å². The Morgan fingerprint density at radius 1 is 0.875 bits per heavy atom. The lowest BCUT2D eigenvalue weighted by atomic mass is 10.1. The van der Waals surface area contributed by atoms with Gasteiger partial charge in [0.1, 0.15) is 17.2 Å². The SMILES string of the molecule is COc1ccc(OC)c(-c2cc(-c3ccc(O)cc3)nc(N)n2)c1. The molecule has 0 atom stereocenters. The zero-order valence-electron chi connectivity index (χ0n) is 13.4. The molecule has 6 nitrogen and oxygen atoms in total. The first-order chi connectivity index (χ1) is 11.6. The average Bonchev–Trinajstić information content (AvgIpc) is 2.61. The summed E-state index contributed by atoms with van der Waals surface area (Å²) < 4.78 is 10.7. The second-order valence-electron chi connectivity index (χ2n) is 5.11. The minimum atomic E-state index is 0.153. The summed E-state index contributed by atoms with van der Waals surface area (Å²) in [6.45, 7) is 0. The third-order valence-corrected chi connectivity index (χ3v) is 3.59. The molecule has 2 aromatic carbocycles. The van der Waals surface area contributed by atoms with Crippen LogP contribution in [0.2, 0.25) is 0 Å². The Morgan fingerprint density at radius 3 is 2.25 bits per heavy atom. The number of methoxy groups -OCH3 is 2. The molecule has 6 heteroatoms. The van der Waals surface area contributed by atoms with E-state index in [-0.39, 0.29) is 11.7 Å². The van der Waals surface area contributed by atoms with Crippen LogP contribution < -0.4 is 15.2 Å². The van der Waals surface area contributed by atoms with Crippen molar-refractivity contribution in [3.8, 4) is 39.8 Å². The Labute approximate surface area is 139 Å². The minimum Gasteiger partial charge on any atom is -0.508 e. The first-order valence-corrected chi connectivity index (χ1v) is 7.27. The van der Waals surface area contributed by atoms with Gasteiger partial charge < -0.3 is 20.3 Å². The van der Waals surface area contributed by atoms with Crippen molar-refractivity contribution in [1.82, 2.24) is 9.97 Å². The molecule has 0 amide bonds. The molecule has 24 heavy (non-hydrogen) atoms. The van der Waals surface area contributed by atoms with Crippen molar-refractivity contribution in [2.75, 3.05) is 20.0 Å². The van der Waals surface area contributed by atoms with Crippen molar-refractivity contribution >= 4 is 5.95 Å². The van der Waals surface area contributed by atoms with Crippen LogP contribution in [0.25, 0.3) is 22.5 Å². The summed E-state index contributed by atoms with van der Waals surface area (Å²) in [6, 6.07) is 14.0. The van der Waals surface area contributed by atoms with Crippen LogP contribution in [0.5, 0.6) is 17.2 Å². The summed E-state index contributed by atoms with van der Waals surface area (Å²) in [6.07, 6.45) is 0. The van der Waals surface area contributed by atoms with Crippen molar-refractivity contribution in [3.05, 3.63) is 48.5 Å². The summed E-state index contributed by atoms with van der Waals surface area (Å²) in [5, 5.41) is 9.43. The number of rotatable bonds is 4. The molecule has 0 saturated heterocycles. The molecule has 0 radical (unpaired) electrons. The van der Waals surface area contributed by atoms with E-state index in [4.69, 9.17) is 15.2 Å². The van der Waals surface area contributed by atoms with E-state index in [2.05, 4.69) is 9.97 Å². The minimum absolute atomic E-state index is 0.153. The molecule has 1 aromatic heterocycles. The van der Waals surface area contributed by atoms with Crippen LogP contribution >= 0.6 is 0 Å². The highest BCUT2D eigenvalue weighted by Crippen LogP contribution is 2.34. The highest BCUT2D eigenvalue weighted by molar-refractivity contribution is 5.74. The topological polar surface area (TPSA) is 90.5 Å². The predicted molar refractivity (Wildman–Crippen MR) is 92.1 cm³/mol. The molecule has 0 aliphatic carbocycles. The summed E-state index contributed by atoms with van der Waals surface area (Å²) in [5.74, 6) is 1.69. The van der Waals surface area contributed by atoms with Gasteiger partial charge in [0.2, 0.25) is 5.95 Å². The van der Waals surface area contributed by atoms with Gasteiger partial charge in [0.15, 0.2) is 0 Å². The van der Waals surface area contributed by atoms with E-state index < -0.39 is 0 Å². The van der Waals surface area contributed by atoms with Gasteiger partial charge in [-0.1, -0.05) is 0 Å². The van der Waals surface area contributed by atoms with E-state index in [0.29, 0.717) is 22.9 Å². The maximum atomic E-state index is 9.43. The lowest BCUT2D eigenvalue weighted by Crippen LogP contribution is -2.00. The van der Waals surface area contributed by atoms with Crippen LogP contribution in [-0.4, -0.2) is 29.3 Å². The Kier molecular flexibility index (Phi) is 4.20. The van der Waals surface area contributed by atoms with Gasteiger partial charge in [-0.05, 0) is 48.5 Å². The first-order valence-electron chi connectivity index (χ1n) is 7.27. The summed E-state index contributed by atoms with van der Waals surface area (Å²) >= 11 is 0. The summed E-state index contributed by atoms with van der Waals surface area (Å²) in [4.78, 5) is 8.58. The second kappa shape index (κ2) is 6.45. The highest BCUT2D eigenvalue weighted by atomic mass is 16.5. The predicted octanol–water partition coefficient (Wildman–Crippen LogP) is 3.12. The van der Waals surface area contributed by atoms with E-state index in [1.54, 1.807) is 38.5 Å². The Morgan fingerprint density at radius 2 is 1.58 bits per heavy atom. The fraction of sp³-hybridized carbons (Fsp3) is 0.111. The number of nitrogens with zero attached hydrogens (tertiary/aromatic N) is 2. The summed E-state index contributed by atoms with van der Waals surface area (Å²) in [7, 11) is 3.19. The third kappa shape index (κ3) is 3.08. The number of phenols is 1. The normalized spacial score (nSPS) is 10.4. The van der Waals surface area contributed by atoms with Gasteiger partial charge in [-0.3, -0.25) is 0 Å². The first kappa shape index (κ1) is 15.6. The molecule has 0 aliphatic heterocycles. The van der Waals surface area contributed by atoms with Crippen LogP contribution in [0.15, 0.2) is 48.5 Å². The van der Waals surface area contributed by atoms with Crippen LogP contribution in [0, 0.1) is 0 Å². The van der Waals surface area contributed by atoms with Crippen molar-refractivity contribution in [2.45, 2.75) is 0 Å². The standard InChI is InChI=1S/C18H17N3O3/c1-23-13-7-8-17(24-2)14(9-13)16-10-15(20-18(19)21-16)11-3-5-12(22)6-4-11/h3-10,22H,1-2H3,(H2,19,20,21). The summed E-state index contributed by atoms with van der Waals surface area (Å²) in [5.41, 5.74) is 8.74. The molecular formula is C18H17N3O3. The molecule has 3 N–H and O–H groups in total. The van der Waals surface area contributed by atoms with Crippen molar-refractivity contribution in [2.24, 2.45) is 0 Å². The molecule has 0 spiro atoms. The maximum Gasteiger partial charge on any atom is 0.221 e. The van der Waals surface area contributed by atoms with E-state index in [1.165, 1.54) is 0 Å². The zero-order valence-corrected chi connectivity index (χ0v) is 13.4. The van der Waals surface area contributed by atoms with Crippen molar-refractivity contribution in [3.63, 3.8) is 0 Å². The molecule has 3 aromatic rings. The van der Waals surface area contributed by atoms with Crippen LogP contribution in [0.4, 0.5) is 5.95 Å². The zero-order chi connectivity index (χ0) is 17.1. The van der Waals surface area contributed by atoms with Gasteiger partial charge in [0, 0.05) is 11.1 Å². The average molecular weight is 323 g/mol. The fourth-order valence-corrected chi connectivity index (χ4v) is 2.40. The molecule has 0 saturated carbocycles. The molecule has 0 aliphatic rings. The van der Waals surface area contributed by atoms with Crippen molar-refractivity contribution in [1.29, 1.82) is 0 Å². The molecule has 0 unspecified atom stereocenters. The lowest BCUT2D eigenvalue weighted by molar-refractivity contribution is 0.404. The quantitative estimate of drug-likeness (QED) is 0.766. The maximum absolute atomic E-state index is 9.43. The number of phenolic OH excluding ortho intramolecular Hbond substituents is 1. The monoisotopic (exact) mass is 323 g/mol. The Hall–Kier alpha value is -3.28. The number of ether oxygens (including phenoxy) is 2. The second-order valence-corrected chi connectivity index (χ2v) is 5.11. The molecule has 0 bridgehead atoms. The van der Waals surface area contributed by atoms with Crippen LogP contribution in [0.1, 0.15) is 0 Å². The number of hydrogen-bond acceptors (Lipinski definition) is 6. The number of nitrogen functional groups attached to an aromatic ring is 1. The van der Waals surface area contributed by atoms with Crippen LogP contribution in [-0.2, 0) is 0 Å². The number of aromatic nitrogens is 2. The van der Waals surface area contributed by atoms with Gasteiger partial charge in [-0.25, -0.2) is 9.97 Å². The van der Waals surface area contributed by atoms with E-state index in [1.807, 2.05) is 24.3 Å². The molecule has 3 rings (SSSR count). The highest BCUT2D eigenvalue weighted by Gasteiger charge is 2.12. The van der Waals surface area contributed by atoms with Gasteiger partial charge >= 0.3 is 0 Å². The fourth-order valence-electron chi connectivity index (χ4n) is 2.40. The number of anilines is 1. The van der Waals surface area contributed by atoms with E-state index in [0.717, 1.165) is 11.1 Å². The van der Waals surface area contributed by atoms with Gasteiger partial charge in [0.25, 0.3) is 0 Å². The Bertz CT molecular complexity index is 864. The smallest absolute Gasteiger partial charge is 0.221 e. The lowest BCUT2D eigenvalue weighted by Gasteiger charge is -2.11. The largest absolute Gasteiger partial charge is 0.508 e. The van der Waals surface area contributed by atoms with Crippen LogP contribution in [0.3, 0.4) is 0 Å². The van der Waals surface area contributed by atoms with Crippen molar-refractivity contribution < 1.29 is 14.6 Å². The number of hydrogen-bond donors (Lipinski definition) is 2. The number of benzene rings is 2. The third-order valence-electron chi connectivity index (χ3n) is 3.59. The number of aromatic hydroxyl groups is 1. The van der Waals surface area contributed by atoms with E-state index in [9.17, 15) is 5.11 Å². The molecule has 122 valence electrons.